The molecule has 0 aromatic carbocycles. The van der Waals surface area contributed by atoms with E-state index in [-0.39, 0.29) is 11.7 Å². The number of rotatable bonds is 5. The summed E-state index contributed by atoms with van der Waals surface area (Å²) >= 11 is 8.22. The Morgan fingerprint density at radius 1 is 1.35 bits per heavy atom. The van der Waals surface area contributed by atoms with Gasteiger partial charge in [0.1, 0.15) is 9.32 Å². The third-order valence-electron chi connectivity index (χ3n) is 4.32. The number of aryl methyl sites for hydroxylation is 1. The number of thiophene rings is 1. The summed E-state index contributed by atoms with van der Waals surface area (Å²) in [5.41, 5.74) is 1.31. The summed E-state index contributed by atoms with van der Waals surface area (Å²) in [6.45, 7) is 9.84. The fraction of sp³-hybridized carbons (Fsp3) is 0.588. The first-order valence-electron chi connectivity index (χ1n) is 8.63. The molecule has 6 nitrogen and oxygen atoms in total. The average molecular weight is 417 g/mol. The van der Waals surface area contributed by atoms with Crippen LogP contribution in [-0.2, 0) is 9.53 Å². The van der Waals surface area contributed by atoms with E-state index in [1.54, 1.807) is 6.92 Å². The highest BCUT2D eigenvalue weighted by Crippen LogP contribution is 2.33. The number of thioether (sulfide) groups is 1. The number of carbonyl (C=O) groups is 2. The van der Waals surface area contributed by atoms with Gasteiger partial charge in [-0.05, 0) is 26.3 Å². The molecule has 0 aliphatic carbocycles. The second kappa shape index (κ2) is 9.68. The maximum atomic E-state index is 12.3. The maximum Gasteiger partial charge on any atom is 0.341 e. The van der Waals surface area contributed by atoms with Gasteiger partial charge < -0.3 is 19.9 Å². The first-order chi connectivity index (χ1) is 12.3. The Hall–Kier alpha value is -1.16. The Morgan fingerprint density at radius 2 is 2.00 bits per heavy atom. The largest absolute Gasteiger partial charge is 0.462 e. The summed E-state index contributed by atoms with van der Waals surface area (Å²) in [5.74, 6) is -0.326. The number of hydrogen-bond donors (Lipinski definition) is 2. The molecule has 2 N–H and O–H groups in total. The van der Waals surface area contributed by atoms with Gasteiger partial charge in [0.05, 0.1) is 51.1 Å². The number of nitrogens with one attached hydrogen (secondary N) is 2. The van der Waals surface area contributed by atoms with Crippen molar-refractivity contribution in [2.45, 2.75) is 20.8 Å². The van der Waals surface area contributed by atoms with Crippen LogP contribution in [0.1, 0.15) is 27.7 Å². The Kier molecular flexibility index (Phi) is 7.87. The number of amides is 1. The Balaban J connectivity index is 1.92. The van der Waals surface area contributed by atoms with Crippen molar-refractivity contribution in [1.82, 2.24) is 4.90 Å². The molecule has 26 heavy (non-hydrogen) atoms. The van der Waals surface area contributed by atoms with E-state index in [1.807, 2.05) is 13.8 Å². The lowest BCUT2D eigenvalue weighted by Crippen LogP contribution is -3.12. The van der Waals surface area contributed by atoms with Gasteiger partial charge in [0.25, 0.3) is 0 Å². The van der Waals surface area contributed by atoms with Crippen LogP contribution < -0.4 is 10.2 Å². The van der Waals surface area contributed by atoms with Crippen LogP contribution in [0.5, 0.6) is 0 Å². The van der Waals surface area contributed by atoms with E-state index < -0.39 is 5.97 Å². The molecule has 0 radical (unpaired) electrons. The molecule has 1 amide bonds. The molecule has 1 aromatic heterocycles. The molecule has 0 atom stereocenters. The molecular formula is C17H26N3O3S3+. The molecule has 0 unspecified atom stereocenters. The third-order valence-corrected chi connectivity index (χ3v) is 6.97. The molecule has 1 fully saturated rings. The van der Waals surface area contributed by atoms with E-state index in [1.165, 1.54) is 28.0 Å². The topological polar surface area (TPSA) is 63.1 Å². The van der Waals surface area contributed by atoms with Crippen molar-refractivity contribution in [2.75, 3.05) is 50.9 Å². The number of esters is 1. The number of thiocarbonyl (C=S) groups is 1. The molecule has 2 rings (SSSR count). The van der Waals surface area contributed by atoms with Gasteiger partial charge in [-0.15, -0.1) is 11.3 Å². The van der Waals surface area contributed by atoms with Crippen LogP contribution in [0.15, 0.2) is 0 Å². The number of hydrogen-bond acceptors (Lipinski definition) is 6. The van der Waals surface area contributed by atoms with Gasteiger partial charge in [-0.3, -0.25) is 4.79 Å². The summed E-state index contributed by atoms with van der Waals surface area (Å²) in [6.07, 6.45) is 0. The minimum absolute atomic E-state index is 0.163. The number of anilines is 1. The van der Waals surface area contributed by atoms with Gasteiger partial charge >= 0.3 is 5.97 Å². The normalized spacial score (nSPS) is 15.0. The highest BCUT2D eigenvalue weighted by molar-refractivity contribution is 8.23. The SMILES string of the molecule is CCOC(=O)c1c(NC(=O)CSC(=S)N2CC[NH+](C)CC2)sc(C)c1C. The Morgan fingerprint density at radius 3 is 2.62 bits per heavy atom. The van der Waals surface area contributed by atoms with Gasteiger partial charge in [-0.2, -0.15) is 0 Å². The van der Waals surface area contributed by atoms with Crippen molar-refractivity contribution in [3.8, 4) is 0 Å². The summed E-state index contributed by atoms with van der Waals surface area (Å²) in [5, 5.41) is 3.41. The molecular weight excluding hydrogens is 390 g/mol. The van der Waals surface area contributed by atoms with Crippen LogP contribution in [-0.4, -0.2) is 66.7 Å². The van der Waals surface area contributed by atoms with Crippen LogP contribution in [0.2, 0.25) is 0 Å². The van der Waals surface area contributed by atoms with Gasteiger partial charge in [0, 0.05) is 4.88 Å². The molecule has 1 aromatic rings. The van der Waals surface area contributed by atoms with Crippen LogP contribution in [0.3, 0.4) is 0 Å². The summed E-state index contributed by atoms with van der Waals surface area (Å²) < 4.78 is 5.87. The van der Waals surface area contributed by atoms with Crippen LogP contribution in [0.25, 0.3) is 0 Å². The lowest BCUT2D eigenvalue weighted by molar-refractivity contribution is -0.883. The molecule has 0 spiro atoms. The van der Waals surface area contributed by atoms with Gasteiger partial charge in [-0.1, -0.05) is 24.0 Å². The Labute approximate surface area is 168 Å². The predicted molar refractivity (Wildman–Crippen MR) is 112 cm³/mol. The minimum atomic E-state index is -0.396. The second-order valence-corrected chi connectivity index (χ2v) is 9.09. The van der Waals surface area contributed by atoms with E-state index in [0.29, 0.717) is 17.2 Å². The predicted octanol–water partition coefficient (Wildman–Crippen LogP) is 1.33. The number of ether oxygens (including phenoxy) is 1. The molecule has 1 saturated heterocycles. The van der Waals surface area contributed by atoms with Crippen molar-refractivity contribution in [3.63, 3.8) is 0 Å². The van der Waals surface area contributed by atoms with Gasteiger partial charge in [0.15, 0.2) is 0 Å². The molecule has 144 valence electrons. The average Bonchev–Trinajstić information content (AvgIpc) is 2.87. The first-order valence-corrected chi connectivity index (χ1v) is 10.8. The standard InChI is InChI=1S/C17H25N3O3S3/c1-5-23-16(22)14-11(2)12(3)26-15(14)18-13(21)10-25-17(24)20-8-6-19(4)7-9-20/h5-10H2,1-4H3,(H,18,21)/p+1. The van der Waals surface area contributed by atoms with E-state index in [4.69, 9.17) is 17.0 Å². The smallest absolute Gasteiger partial charge is 0.341 e. The number of piperazine rings is 1. The number of likely N-dealkylation sites (N-methyl/N-ethyl adjacent to an activating group) is 1. The zero-order valence-corrected chi connectivity index (χ0v) is 18.1. The van der Waals surface area contributed by atoms with Gasteiger partial charge in [0.2, 0.25) is 5.91 Å². The quantitative estimate of drug-likeness (QED) is 0.558. The highest BCUT2D eigenvalue weighted by atomic mass is 32.2. The second-order valence-electron chi connectivity index (χ2n) is 6.25. The molecule has 1 aliphatic heterocycles. The van der Waals surface area contributed by atoms with E-state index in [2.05, 4.69) is 17.3 Å². The lowest BCUT2D eigenvalue weighted by atomic mass is 10.1. The van der Waals surface area contributed by atoms with Crippen molar-refractivity contribution in [3.05, 3.63) is 16.0 Å². The van der Waals surface area contributed by atoms with Gasteiger partial charge in [-0.25, -0.2) is 4.79 Å². The van der Waals surface area contributed by atoms with Crippen molar-refractivity contribution >= 4 is 56.5 Å². The first kappa shape index (κ1) is 21.1. The number of carbonyl (C=O) groups excluding carboxylic acids is 2. The van der Waals surface area contributed by atoms with Crippen LogP contribution >= 0.6 is 35.3 Å². The summed E-state index contributed by atoms with van der Waals surface area (Å²) in [4.78, 5) is 29.2. The zero-order chi connectivity index (χ0) is 19.3. The van der Waals surface area contributed by atoms with E-state index >= 15 is 0 Å². The van der Waals surface area contributed by atoms with E-state index in [0.717, 1.165) is 40.9 Å². The van der Waals surface area contributed by atoms with Crippen molar-refractivity contribution < 1.29 is 19.2 Å². The molecule has 9 heteroatoms. The fourth-order valence-electron chi connectivity index (χ4n) is 2.62. The number of nitrogens with zero attached hydrogens (tertiary/aromatic N) is 1. The molecule has 0 bridgehead atoms. The van der Waals surface area contributed by atoms with Crippen molar-refractivity contribution in [1.29, 1.82) is 0 Å². The monoisotopic (exact) mass is 416 g/mol. The highest BCUT2D eigenvalue weighted by Gasteiger charge is 2.23. The van der Waals surface area contributed by atoms with Crippen molar-refractivity contribution in [2.24, 2.45) is 0 Å². The number of quaternary nitrogens is 1. The minimum Gasteiger partial charge on any atom is -0.462 e. The van der Waals surface area contributed by atoms with Crippen LogP contribution in [0, 0.1) is 13.8 Å². The summed E-state index contributed by atoms with van der Waals surface area (Å²) in [6, 6.07) is 0. The summed E-state index contributed by atoms with van der Waals surface area (Å²) in [7, 11) is 2.17. The third kappa shape index (κ3) is 5.42. The molecule has 1 aliphatic rings. The maximum absolute atomic E-state index is 12.3. The molecule has 2 heterocycles. The Bertz CT molecular complexity index is 682. The zero-order valence-electron chi connectivity index (χ0n) is 15.6. The fourth-order valence-corrected chi connectivity index (χ4v) is 4.73. The van der Waals surface area contributed by atoms with Crippen LogP contribution in [0.4, 0.5) is 5.00 Å². The molecule has 0 saturated carbocycles. The lowest BCUT2D eigenvalue weighted by Gasteiger charge is -2.31. The van der Waals surface area contributed by atoms with E-state index in [9.17, 15) is 9.59 Å².